The van der Waals surface area contributed by atoms with E-state index in [0.29, 0.717) is 0 Å². The highest BCUT2D eigenvalue weighted by molar-refractivity contribution is 7.25. The minimum absolute atomic E-state index is 0.994. The van der Waals surface area contributed by atoms with E-state index in [-0.39, 0.29) is 0 Å². The summed E-state index contributed by atoms with van der Waals surface area (Å²) in [6.07, 6.45) is 0. The van der Waals surface area contributed by atoms with Crippen molar-refractivity contribution in [2.45, 2.75) is 19.6 Å². The molecule has 1 aromatic heterocycles. The molecule has 0 aliphatic carbocycles. The molecule has 0 fully saturated rings. The van der Waals surface area contributed by atoms with Crippen LogP contribution in [0.2, 0.25) is 19.6 Å². The van der Waals surface area contributed by atoms with Crippen LogP contribution in [0, 0.1) is 6.07 Å². The lowest BCUT2D eigenvalue weighted by molar-refractivity contribution is 1.78. The highest BCUT2D eigenvalue weighted by Gasteiger charge is 2.16. The summed E-state index contributed by atoms with van der Waals surface area (Å²) in [4.78, 5) is 0. The molecule has 0 bridgehead atoms. The smallest absolute Gasteiger partial charge is 0.0904 e. The maximum atomic E-state index is 3.09. The topological polar surface area (TPSA) is 0 Å². The molecule has 49 valence electrons. The van der Waals surface area contributed by atoms with Crippen LogP contribution in [0.3, 0.4) is 0 Å². The van der Waals surface area contributed by atoms with E-state index in [2.05, 4.69) is 31.8 Å². The lowest BCUT2D eigenvalue weighted by atomic mass is 10.7. The van der Waals surface area contributed by atoms with Crippen molar-refractivity contribution in [2.75, 3.05) is 0 Å². The van der Waals surface area contributed by atoms with Gasteiger partial charge in [0, 0.05) is 0 Å². The van der Waals surface area contributed by atoms with Gasteiger partial charge in [0.15, 0.2) is 0 Å². The van der Waals surface area contributed by atoms with Crippen molar-refractivity contribution in [3.63, 3.8) is 0 Å². The minimum atomic E-state index is -0.994. The van der Waals surface area contributed by atoms with Crippen LogP contribution in [-0.2, 0) is 0 Å². The van der Waals surface area contributed by atoms with Gasteiger partial charge in [-0.25, -0.2) is 0 Å². The zero-order valence-corrected chi connectivity index (χ0v) is 7.88. The van der Waals surface area contributed by atoms with E-state index in [4.69, 9.17) is 0 Å². The molecule has 1 radical (unpaired) electrons. The third kappa shape index (κ3) is 1.66. The quantitative estimate of drug-likeness (QED) is 0.545. The first kappa shape index (κ1) is 7.03. The summed E-state index contributed by atoms with van der Waals surface area (Å²) in [7, 11) is -0.994. The van der Waals surface area contributed by atoms with Crippen LogP contribution < -0.4 is 4.50 Å². The first-order valence-electron chi connectivity index (χ1n) is 3.06. The van der Waals surface area contributed by atoms with Crippen LogP contribution in [0.5, 0.6) is 0 Å². The third-order valence-corrected chi connectivity index (χ3v) is 5.65. The molecule has 0 aliphatic heterocycles. The van der Waals surface area contributed by atoms with E-state index in [1.807, 2.05) is 16.7 Å². The van der Waals surface area contributed by atoms with Gasteiger partial charge in [0.25, 0.3) is 0 Å². The standard InChI is InChI=1S/C7H11SSi/c1-9(2,3)7-5-4-6-8-7/h5-6H,1-3H3. The number of hydrogen-bond donors (Lipinski definition) is 0. The van der Waals surface area contributed by atoms with E-state index < -0.39 is 8.07 Å². The largest absolute Gasteiger partial charge is 0.153 e. The van der Waals surface area contributed by atoms with Gasteiger partial charge >= 0.3 is 0 Å². The second-order valence-corrected chi connectivity index (χ2v) is 9.47. The Morgan fingerprint density at radius 3 is 2.33 bits per heavy atom. The van der Waals surface area contributed by atoms with Crippen molar-refractivity contribution >= 4 is 23.9 Å². The van der Waals surface area contributed by atoms with Crippen LogP contribution in [0.1, 0.15) is 0 Å². The van der Waals surface area contributed by atoms with Gasteiger partial charge < -0.3 is 0 Å². The summed E-state index contributed by atoms with van der Waals surface area (Å²) in [5, 5.41) is 2.04. The normalized spacial score (nSPS) is 11.9. The molecule has 0 aromatic carbocycles. The second-order valence-electron chi connectivity index (χ2n) is 3.16. The predicted molar refractivity (Wildman–Crippen MR) is 46.1 cm³/mol. The molecule has 0 aliphatic rings. The molecule has 9 heavy (non-hydrogen) atoms. The number of hydrogen-bond acceptors (Lipinski definition) is 1. The van der Waals surface area contributed by atoms with Crippen molar-refractivity contribution < 1.29 is 0 Å². The molecular formula is C7H11SSi. The molecule has 0 nitrogen and oxygen atoms in total. The lowest BCUT2D eigenvalue weighted by Gasteiger charge is -2.11. The first-order valence-corrected chi connectivity index (χ1v) is 7.44. The van der Waals surface area contributed by atoms with Crippen molar-refractivity contribution in [3.05, 3.63) is 17.5 Å². The molecule has 1 rings (SSSR count). The fourth-order valence-corrected chi connectivity index (χ4v) is 3.14. The van der Waals surface area contributed by atoms with E-state index >= 15 is 0 Å². The van der Waals surface area contributed by atoms with Gasteiger partial charge in [-0.3, -0.25) is 0 Å². The van der Waals surface area contributed by atoms with E-state index in [9.17, 15) is 0 Å². The summed E-state index contributed by atoms with van der Waals surface area (Å²) < 4.78 is 1.54. The zero-order valence-electron chi connectivity index (χ0n) is 6.06. The molecule has 1 heterocycles. The minimum Gasteiger partial charge on any atom is -0.153 e. The van der Waals surface area contributed by atoms with Crippen LogP contribution >= 0.6 is 11.3 Å². The van der Waals surface area contributed by atoms with Gasteiger partial charge in [-0.2, -0.15) is 11.3 Å². The lowest BCUT2D eigenvalue weighted by Crippen LogP contribution is -2.34. The monoisotopic (exact) mass is 155 g/mol. The van der Waals surface area contributed by atoms with Crippen molar-refractivity contribution in [2.24, 2.45) is 0 Å². The highest BCUT2D eigenvalue weighted by atomic mass is 32.1. The summed E-state index contributed by atoms with van der Waals surface area (Å²) in [6, 6.07) is 5.21. The Bertz CT molecular complexity index is 171. The molecule has 0 amide bonds. The van der Waals surface area contributed by atoms with Crippen molar-refractivity contribution in [1.29, 1.82) is 0 Å². The number of thiophene rings is 1. The van der Waals surface area contributed by atoms with Crippen LogP contribution in [0.25, 0.3) is 0 Å². The van der Waals surface area contributed by atoms with Crippen LogP contribution in [0.15, 0.2) is 11.4 Å². The molecule has 0 saturated carbocycles. The summed E-state index contributed by atoms with van der Waals surface area (Å²) in [5.41, 5.74) is 0. The third-order valence-electron chi connectivity index (χ3n) is 1.21. The fraction of sp³-hybridized carbons (Fsp3) is 0.429. The zero-order chi connectivity index (χ0) is 6.91. The maximum absolute atomic E-state index is 3.09. The Balaban J connectivity index is 2.90. The Hall–Kier alpha value is -0.0831. The van der Waals surface area contributed by atoms with E-state index in [1.165, 1.54) is 0 Å². The van der Waals surface area contributed by atoms with Crippen LogP contribution in [0.4, 0.5) is 0 Å². The molecule has 1 aromatic rings. The molecule has 0 N–H and O–H groups in total. The average molecular weight is 155 g/mol. The molecule has 2 heteroatoms. The van der Waals surface area contributed by atoms with Crippen LogP contribution in [-0.4, -0.2) is 8.07 Å². The van der Waals surface area contributed by atoms with E-state index in [1.54, 1.807) is 4.50 Å². The van der Waals surface area contributed by atoms with Gasteiger partial charge in [-0.15, -0.1) is 0 Å². The Kier molecular flexibility index (Phi) is 1.77. The average Bonchev–Trinajstić information content (AvgIpc) is 2.08. The van der Waals surface area contributed by atoms with Gasteiger partial charge in [0.2, 0.25) is 0 Å². The summed E-state index contributed by atoms with van der Waals surface area (Å²) in [5.74, 6) is 0. The number of rotatable bonds is 1. The van der Waals surface area contributed by atoms with Gasteiger partial charge in [0.05, 0.1) is 8.07 Å². The Labute approximate surface area is 61.5 Å². The maximum Gasteiger partial charge on any atom is 0.0904 e. The first-order chi connectivity index (χ1) is 4.11. The van der Waals surface area contributed by atoms with Crippen molar-refractivity contribution in [3.8, 4) is 0 Å². The molecule has 0 unspecified atom stereocenters. The SMILES string of the molecule is C[Si](C)(C)c1c[c]cs1. The Morgan fingerprint density at radius 1 is 1.44 bits per heavy atom. The molecule has 0 atom stereocenters. The predicted octanol–water partition coefficient (Wildman–Crippen LogP) is 2.09. The second kappa shape index (κ2) is 2.27. The highest BCUT2D eigenvalue weighted by Crippen LogP contribution is 2.05. The Morgan fingerprint density at radius 2 is 2.11 bits per heavy atom. The van der Waals surface area contributed by atoms with Crippen molar-refractivity contribution in [1.82, 2.24) is 0 Å². The molecular weight excluding hydrogens is 144 g/mol. The van der Waals surface area contributed by atoms with Gasteiger partial charge in [-0.1, -0.05) is 19.6 Å². The molecule has 0 spiro atoms. The summed E-state index contributed by atoms with van der Waals surface area (Å²) >= 11 is 1.84. The fourth-order valence-electron chi connectivity index (χ4n) is 0.635. The van der Waals surface area contributed by atoms with Gasteiger partial charge in [0.1, 0.15) is 0 Å². The van der Waals surface area contributed by atoms with E-state index in [0.717, 1.165) is 0 Å². The molecule has 0 saturated heterocycles. The summed E-state index contributed by atoms with van der Waals surface area (Å²) in [6.45, 7) is 7.06. The van der Waals surface area contributed by atoms with Gasteiger partial charge in [-0.05, 0) is 22.0 Å².